The van der Waals surface area contributed by atoms with Crippen LogP contribution in [0.3, 0.4) is 0 Å². The van der Waals surface area contributed by atoms with Crippen LogP contribution >= 0.6 is 0 Å². The number of H-pyrrole nitrogens is 2. The van der Waals surface area contributed by atoms with Crippen molar-refractivity contribution in [2.75, 3.05) is 14.2 Å². The van der Waals surface area contributed by atoms with Crippen molar-refractivity contribution < 1.29 is 43.0 Å². The molecule has 6 N–H and O–H groups in total. The van der Waals surface area contributed by atoms with Gasteiger partial charge in [0.05, 0.1) is 31.7 Å². The van der Waals surface area contributed by atoms with Gasteiger partial charge in [-0.2, -0.15) is 5.26 Å². The smallest absolute Gasteiger partial charge is 0.240 e. The lowest BCUT2D eigenvalue weighted by atomic mass is 9.80. The number of carbonyl (C=O) groups is 7. The molecule has 71 heavy (non-hydrogen) atoms. The highest BCUT2D eigenvalue weighted by atomic mass is 16.5. The van der Waals surface area contributed by atoms with Gasteiger partial charge in [-0.15, -0.1) is 0 Å². The molecule has 4 fully saturated rings. The summed E-state index contributed by atoms with van der Waals surface area (Å²) >= 11 is 0. The zero-order valence-electron chi connectivity index (χ0n) is 41.5. The van der Waals surface area contributed by atoms with Crippen LogP contribution in [-0.4, -0.2) is 77.1 Å². The van der Waals surface area contributed by atoms with Crippen molar-refractivity contribution in [2.24, 2.45) is 41.2 Å². The third-order valence-corrected chi connectivity index (χ3v) is 15.6. The first-order valence-corrected chi connectivity index (χ1v) is 26.1. The summed E-state index contributed by atoms with van der Waals surface area (Å²) in [6.45, 7) is 0. The summed E-state index contributed by atoms with van der Waals surface area (Å²) in [5.41, 5.74) is 8.10. The Labute approximate surface area is 416 Å². The third-order valence-electron chi connectivity index (χ3n) is 15.6. The van der Waals surface area contributed by atoms with Crippen molar-refractivity contribution in [1.29, 1.82) is 5.26 Å². The summed E-state index contributed by atoms with van der Waals surface area (Å²) in [6.07, 6.45) is 17.3. The summed E-state index contributed by atoms with van der Waals surface area (Å²) < 4.78 is 10.8. The van der Waals surface area contributed by atoms with E-state index in [-0.39, 0.29) is 66.0 Å². The van der Waals surface area contributed by atoms with Gasteiger partial charge < -0.3 is 35.8 Å². The van der Waals surface area contributed by atoms with Crippen molar-refractivity contribution in [3.8, 4) is 17.6 Å². The van der Waals surface area contributed by atoms with Crippen LogP contribution < -0.4 is 25.8 Å². The average molecular weight is 973 g/mol. The van der Waals surface area contributed by atoms with Crippen molar-refractivity contribution in [3.63, 3.8) is 0 Å². The molecule has 8 rings (SSSR count). The van der Waals surface area contributed by atoms with Crippen molar-refractivity contribution >= 4 is 62.7 Å². The Bertz CT molecular complexity index is 2580. The van der Waals surface area contributed by atoms with E-state index in [1.54, 1.807) is 26.4 Å². The normalized spacial score (nSPS) is 20.3. The Kier molecular flexibility index (Phi) is 18.6. The van der Waals surface area contributed by atoms with Crippen LogP contribution in [0.2, 0.25) is 0 Å². The first-order chi connectivity index (χ1) is 34.3. The van der Waals surface area contributed by atoms with Gasteiger partial charge >= 0.3 is 0 Å². The number of rotatable bonds is 21. The zero-order valence-corrected chi connectivity index (χ0v) is 41.5. The van der Waals surface area contributed by atoms with Crippen LogP contribution in [0, 0.1) is 46.8 Å². The fourth-order valence-corrected chi connectivity index (χ4v) is 11.6. The number of aromatic amines is 2. The SMILES string of the molecule is COc1cccc2[nH]c(C(=O)C[C@@H](CC3CCCCC3)C(=O)N[C@@H](C[C@@H]3CCCC3=O)C(N)=O)cc12.COc1cccc2[nH]c(C(=O)C[C@@H](CC3CCCCC3)C(=O)N[C@H](C#N)C[C@@H]3CCCC3=O)cc12. The molecule has 4 aromatic rings. The van der Waals surface area contributed by atoms with Crippen LogP contribution in [-0.2, 0) is 24.0 Å². The number of nitriles is 1. The number of carbonyl (C=O) groups excluding carboxylic acids is 7. The van der Waals surface area contributed by atoms with Crippen molar-refractivity contribution in [3.05, 3.63) is 59.9 Å². The molecule has 0 radical (unpaired) electrons. The fraction of sp³-hybridized carbons (Fsp3) is 0.571. The molecule has 0 saturated heterocycles. The van der Waals surface area contributed by atoms with E-state index in [1.165, 1.54) is 12.8 Å². The topological polar surface area (TPSA) is 243 Å². The number of ether oxygens (including phenoxy) is 2. The maximum atomic E-state index is 13.4. The lowest BCUT2D eigenvalue weighted by molar-refractivity contribution is -0.131. The predicted octanol–water partition coefficient (Wildman–Crippen LogP) is 9.17. The summed E-state index contributed by atoms with van der Waals surface area (Å²) in [5, 5.41) is 17.0. The van der Waals surface area contributed by atoms with Crippen molar-refractivity contribution in [1.82, 2.24) is 20.6 Å². The molecule has 15 nitrogen and oxygen atoms in total. The van der Waals surface area contributed by atoms with Gasteiger partial charge in [0.25, 0.3) is 0 Å². The van der Waals surface area contributed by atoms with Crippen LogP contribution in [0.1, 0.15) is 162 Å². The van der Waals surface area contributed by atoms with E-state index in [4.69, 9.17) is 15.2 Å². The maximum absolute atomic E-state index is 13.4. The number of Topliss-reactive ketones (excluding diaryl/α,β-unsaturated/α-hetero) is 4. The molecule has 2 heterocycles. The average Bonchev–Trinajstić information content (AvgIpc) is 4.21. The number of ketones is 4. The molecular weight excluding hydrogens is 901 g/mol. The molecule has 3 amide bonds. The molecule has 0 unspecified atom stereocenters. The Morgan fingerprint density at radius 3 is 1.49 bits per heavy atom. The zero-order chi connectivity index (χ0) is 50.4. The van der Waals surface area contributed by atoms with Crippen LogP contribution in [0.5, 0.6) is 11.5 Å². The first-order valence-electron chi connectivity index (χ1n) is 26.1. The summed E-state index contributed by atoms with van der Waals surface area (Å²) in [7, 11) is 3.18. The van der Waals surface area contributed by atoms with Crippen LogP contribution in [0.4, 0.5) is 0 Å². The largest absolute Gasteiger partial charge is 0.496 e. The molecule has 4 aliphatic carbocycles. The Hall–Kier alpha value is -6.30. The highest BCUT2D eigenvalue weighted by Gasteiger charge is 2.35. The number of primary amides is 1. The standard InChI is InChI=1S/C28H37N3O5.C28H35N3O4/c1-36-26-12-6-10-21-20(26)16-22(30-21)25(33)15-19(13-17-7-3-2-4-8-17)28(35)31-23(27(29)34)14-18-9-5-11-24(18)32;1-35-27-12-6-10-23-22(27)16-24(31-23)26(33)15-20(13-18-7-3-2-4-8-18)28(34)30-21(17-29)14-19-9-5-11-25(19)32/h6,10,12,16-19,23,30H,2-5,7-9,11,13-15H2,1H3,(H2,29,34)(H,31,35);6,10,12,16,18-21,31H,2-5,7-9,11,13-15H2,1H3,(H,30,34)/t18-,19+,23-;19-,20+,21-/m00/s1. The van der Waals surface area contributed by atoms with Gasteiger partial charge in [-0.3, -0.25) is 33.6 Å². The van der Waals surface area contributed by atoms with E-state index in [0.29, 0.717) is 73.2 Å². The van der Waals surface area contributed by atoms with Gasteiger partial charge in [0, 0.05) is 71.2 Å². The van der Waals surface area contributed by atoms with E-state index in [9.17, 15) is 38.8 Å². The number of amides is 3. The minimum absolute atomic E-state index is 0.0330. The molecule has 6 atom stereocenters. The number of nitrogens with two attached hydrogens (primary N) is 1. The summed E-state index contributed by atoms with van der Waals surface area (Å²) in [5.74, 6) is -0.560. The lowest BCUT2D eigenvalue weighted by Crippen LogP contribution is -2.48. The minimum atomic E-state index is -0.911. The number of nitrogens with zero attached hydrogens (tertiary/aromatic N) is 1. The maximum Gasteiger partial charge on any atom is 0.240 e. The van der Waals surface area contributed by atoms with Gasteiger partial charge in [0.1, 0.15) is 35.1 Å². The quantitative estimate of drug-likeness (QED) is 0.0496. The van der Waals surface area contributed by atoms with Crippen LogP contribution in [0.25, 0.3) is 21.8 Å². The van der Waals surface area contributed by atoms with Gasteiger partial charge in [0.2, 0.25) is 17.7 Å². The number of methoxy groups -OCH3 is 2. The monoisotopic (exact) mass is 973 g/mol. The number of hydrogen-bond acceptors (Lipinski definition) is 10. The molecule has 15 heteroatoms. The number of fused-ring (bicyclic) bond motifs is 2. The molecule has 0 spiro atoms. The lowest BCUT2D eigenvalue weighted by Gasteiger charge is -2.27. The molecule has 4 saturated carbocycles. The predicted molar refractivity (Wildman–Crippen MR) is 270 cm³/mol. The van der Waals surface area contributed by atoms with Gasteiger partial charge in [-0.1, -0.05) is 76.3 Å². The summed E-state index contributed by atoms with van der Waals surface area (Å²) in [4.78, 5) is 96.1. The number of hydrogen-bond donors (Lipinski definition) is 5. The van der Waals surface area contributed by atoms with E-state index in [1.807, 2.05) is 36.4 Å². The third kappa shape index (κ3) is 14.0. The Balaban J connectivity index is 0.000000209. The van der Waals surface area contributed by atoms with E-state index >= 15 is 0 Å². The van der Waals surface area contributed by atoms with Crippen molar-refractivity contribution in [2.45, 2.75) is 153 Å². The Morgan fingerprint density at radius 1 is 0.634 bits per heavy atom. The first kappa shape index (κ1) is 52.5. The Morgan fingerprint density at radius 2 is 1.08 bits per heavy atom. The second-order valence-electron chi connectivity index (χ2n) is 20.6. The minimum Gasteiger partial charge on any atom is -0.496 e. The van der Waals surface area contributed by atoms with Gasteiger partial charge in [-0.05, 0) is 99.6 Å². The number of nitrogens with one attached hydrogen (secondary N) is 4. The highest BCUT2D eigenvalue weighted by Crippen LogP contribution is 2.35. The molecule has 380 valence electrons. The van der Waals surface area contributed by atoms with E-state index in [0.717, 1.165) is 92.4 Å². The number of aromatic nitrogens is 2. The second kappa shape index (κ2) is 25.2. The van der Waals surface area contributed by atoms with Gasteiger partial charge in [-0.25, -0.2) is 0 Å². The molecule has 0 bridgehead atoms. The van der Waals surface area contributed by atoms with Gasteiger partial charge in [0.15, 0.2) is 11.6 Å². The summed E-state index contributed by atoms with van der Waals surface area (Å²) in [6, 6.07) is 15.3. The fourth-order valence-electron chi connectivity index (χ4n) is 11.6. The highest BCUT2D eigenvalue weighted by molar-refractivity contribution is 6.03. The molecule has 2 aromatic carbocycles. The number of benzene rings is 2. The molecule has 4 aliphatic rings. The molecular formula is C56H72N6O9. The van der Waals surface area contributed by atoms with Crippen LogP contribution in [0.15, 0.2) is 48.5 Å². The molecule has 0 aliphatic heterocycles. The second-order valence-corrected chi connectivity index (χ2v) is 20.6. The van der Waals surface area contributed by atoms with E-state index < -0.39 is 29.8 Å². The van der Waals surface area contributed by atoms with E-state index in [2.05, 4.69) is 26.7 Å². The molecule has 2 aromatic heterocycles.